The van der Waals surface area contributed by atoms with Gasteiger partial charge in [-0.3, -0.25) is 9.48 Å². The van der Waals surface area contributed by atoms with Gasteiger partial charge in [0.25, 0.3) is 0 Å². The molecule has 3 aromatic rings. The van der Waals surface area contributed by atoms with Gasteiger partial charge >= 0.3 is 5.97 Å². The van der Waals surface area contributed by atoms with Gasteiger partial charge in [-0.05, 0) is 12.1 Å². The fourth-order valence-electron chi connectivity index (χ4n) is 2.86. The third-order valence-electron chi connectivity index (χ3n) is 4.01. The molecule has 1 heterocycles. The van der Waals surface area contributed by atoms with Crippen LogP contribution in [0, 0.1) is 0 Å². The summed E-state index contributed by atoms with van der Waals surface area (Å²) in [4.78, 5) is 11.1. The molecule has 0 fully saturated rings. The molecule has 3 rings (SSSR count). The van der Waals surface area contributed by atoms with Crippen molar-refractivity contribution >= 4 is 16.9 Å². The van der Waals surface area contributed by atoms with Crippen LogP contribution in [0.15, 0.2) is 36.4 Å². The fourth-order valence-corrected chi connectivity index (χ4v) is 2.86. The number of carboxylic acid groups (broad SMARTS) is 1. The summed E-state index contributed by atoms with van der Waals surface area (Å²) < 4.78 is 12.3. The lowest BCUT2D eigenvalue weighted by molar-refractivity contribution is -0.136. The minimum absolute atomic E-state index is 0.0732. The van der Waals surface area contributed by atoms with Crippen LogP contribution in [-0.4, -0.2) is 35.1 Å². The van der Waals surface area contributed by atoms with Crippen molar-refractivity contribution in [1.29, 1.82) is 0 Å². The van der Waals surface area contributed by atoms with Crippen LogP contribution in [0.25, 0.3) is 22.0 Å². The predicted molar refractivity (Wildman–Crippen MR) is 90.6 cm³/mol. The molecule has 0 aliphatic carbocycles. The maximum atomic E-state index is 11.1. The summed E-state index contributed by atoms with van der Waals surface area (Å²) >= 11 is 0. The molecule has 6 heteroatoms. The van der Waals surface area contributed by atoms with Crippen molar-refractivity contribution in [2.24, 2.45) is 7.05 Å². The number of hydrogen-bond donors (Lipinski definition) is 1. The standard InChI is InChI=1S/C18H18N2O4/c1-20-15(10-17(21)22)14-6-4-5-13(18(14)19-20)12-8-7-11(23-2)9-16(12)24-3/h4-9H,10H2,1-3H3,(H,21,22). The van der Waals surface area contributed by atoms with Gasteiger partial charge in [0.2, 0.25) is 0 Å². The molecule has 1 aromatic heterocycles. The molecule has 124 valence electrons. The summed E-state index contributed by atoms with van der Waals surface area (Å²) in [5.41, 5.74) is 3.19. The van der Waals surface area contributed by atoms with E-state index in [0.29, 0.717) is 17.2 Å². The zero-order valence-corrected chi connectivity index (χ0v) is 13.7. The molecule has 0 unspecified atom stereocenters. The van der Waals surface area contributed by atoms with E-state index in [2.05, 4.69) is 5.10 Å². The Morgan fingerprint density at radius 3 is 2.62 bits per heavy atom. The van der Waals surface area contributed by atoms with Crippen LogP contribution in [0.3, 0.4) is 0 Å². The molecule has 0 atom stereocenters. The van der Waals surface area contributed by atoms with Crippen LogP contribution in [0.1, 0.15) is 5.69 Å². The number of benzene rings is 2. The minimum Gasteiger partial charge on any atom is -0.497 e. The van der Waals surface area contributed by atoms with Crippen molar-refractivity contribution in [1.82, 2.24) is 9.78 Å². The van der Waals surface area contributed by atoms with Crippen LogP contribution >= 0.6 is 0 Å². The second-order valence-electron chi connectivity index (χ2n) is 5.41. The Labute approximate surface area is 139 Å². The third-order valence-corrected chi connectivity index (χ3v) is 4.01. The highest BCUT2D eigenvalue weighted by atomic mass is 16.5. The van der Waals surface area contributed by atoms with Crippen molar-refractivity contribution in [3.8, 4) is 22.6 Å². The van der Waals surface area contributed by atoms with E-state index in [1.807, 2.05) is 36.4 Å². The molecule has 6 nitrogen and oxygen atoms in total. The lowest BCUT2D eigenvalue weighted by atomic mass is 10.0. The van der Waals surface area contributed by atoms with Crippen LogP contribution in [0.5, 0.6) is 11.5 Å². The highest BCUT2D eigenvalue weighted by Crippen LogP contribution is 2.37. The average Bonchev–Trinajstić information content (AvgIpc) is 2.89. The lowest BCUT2D eigenvalue weighted by Crippen LogP contribution is -2.06. The molecule has 0 aliphatic heterocycles. The van der Waals surface area contributed by atoms with Gasteiger partial charge in [0.05, 0.1) is 26.3 Å². The van der Waals surface area contributed by atoms with Gasteiger partial charge in [-0.1, -0.05) is 18.2 Å². The maximum absolute atomic E-state index is 11.1. The fraction of sp³-hybridized carbons (Fsp3) is 0.222. The Morgan fingerprint density at radius 1 is 1.17 bits per heavy atom. The number of carboxylic acids is 1. The number of aromatic nitrogens is 2. The molecule has 0 spiro atoms. The lowest BCUT2D eigenvalue weighted by Gasteiger charge is -2.11. The summed E-state index contributed by atoms with van der Waals surface area (Å²) in [7, 11) is 4.96. The Bertz CT molecular complexity index is 915. The number of hydrogen-bond acceptors (Lipinski definition) is 4. The summed E-state index contributed by atoms with van der Waals surface area (Å²) in [6.45, 7) is 0. The summed E-state index contributed by atoms with van der Waals surface area (Å²) in [5, 5.41) is 14.5. The van der Waals surface area contributed by atoms with Gasteiger partial charge in [-0.2, -0.15) is 5.10 Å². The van der Waals surface area contributed by atoms with Gasteiger partial charge in [-0.25, -0.2) is 0 Å². The first kappa shape index (κ1) is 15.9. The number of fused-ring (bicyclic) bond motifs is 1. The van der Waals surface area contributed by atoms with E-state index in [-0.39, 0.29) is 6.42 Å². The van der Waals surface area contributed by atoms with Gasteiger partial charge in [0, 0.05) is 29.6 Å². The molecule has 0 saturated heterocycles. The number of nitrogens with zero attached hydrogens (tertiary/aromatic N) is 2. The molecule has 0 saturated carbocycles. The van der Waals surface area contributed by atoms with E-state index in [4.69, 9.17) is 14.6 Å². The summed E-state index contributed by atoms with van der Waals surface area (Å²) in [6.07, 6.45) is -0.0732. The number of aliphatic carboxylic acids is 1. The third kappa shape index (κ3) is 2.67. The number of carbonyl (C=O) groups is 1. The van der Waals surface area contributed by atoms with E-state index in [1.165, 1.54) is 0 Å². The normalized spacial score (nSPS) is 10.8. The highest BCUT2D eigenvalue weighted by Gasteiger charge is 2.17. The Hall–Kier alpha value is -3.02. The summed E-state index contributed by atoms with van der Waals surface area (Å²) in [5.74, 6) is 0.495. The van der Waals surface area contributed by atoms with Crippen molar-refractivity contribution in [3.05, 3.63) is 42.1 Å². The van der Waals surface area contributed by atoms with Gasteiger partial charge in [0.1, 0.15) is 17.0 Å². The van der Waals surface area contributed by atoms with E-state index in [0.717, 1.165) is 22.0 Å². The number of aryl methyl sites for hydroxylation is 1. The molecule has 2 aromatic carbocycles. The van der Waals surface area contributed by atoms with Crippen molar-refractivity contribution in [2.75, 3.05) is 14.2 Å². The second-order valence-corrected chi connectivity index (χ2v) is 5.41. The van der Waals surface area contributed by atoms with Crippen molar-refractivity contribution < 1.29 is 19.4 Å². The van der Waals surface area contributed by atoms with Crippen LogP contribution < -0.4 is 9.47 Å². The summed E-state index contributed by atoms with van der Waals surface area (Å²) in [6, 6.07) is 11.3. The smallest absolute Gasteiger partial charge is 0.309 e. The molecule has 0 bridgehead atoms. The van der Waals surface area contributed by atoms with Crippen LogP contribution in [-0.2, 0) is 18.3 Å². The first-order chi connectivity index (χ1) is 11.5. The number of rotatable bonds is 5. The maximum Gasteiger partial charge on any atom is 0.309 e. The van der Waals surface area contributed by atoms with E-state index >= 15 is 0 Å². The SMILES string of the molecule is COc1ccc(-c2cccc3c(CC(=O)O)n(C)nc23)c(OC)c1. The van der Waals surface area contributed by atoms with Gasteiger partial charge in [-0.15, -0.1) is 0 Å². The van der Waals surface area contributed by atoms with E-state index in [9.17, 15) is 4.79 Å². The number of ether oxygens (including phenoxy) is 2. The molecular formula is C18H18N2O4. The van der Waals surface area contributed by atoms with Crippen LogP contribution in [0.2, 0.25) is 0 Å². The van der Waals surface area contributed by atoms with E-state index < -0.39 is 5.97 Å². The molecule has 0 radical (unpaired) electrons. The molecular weight excluding hydrogens is 308 g/mol. The highest BCUT2D eigenvalue weighted by molar-refractivity contribution is 5.97. The van der Waals surface area contributed by atoms with Crippen molar-refractivity contribution in [3.63, 3.8) is 0 Å². The molecule has 1 N–H and O–H groups in total. The number of methoxy groups -OCH3 is 2. The first-order valence-electron chi connectivity index (χ1n) is 7.44. The zero-order valence-electron chi connectivity index (χ0n) is 13.7. The second kappa shape index (κ2) is 6.23. The topological polar surface area (TPSA) is 73.6 Å². The van der Waals surface area contributed by atoms with Gasteiger partial charge in [0.15, 0.2) is 0 Å². The quantitative estimate of drug-likeness (QED) is 0.780. The molecule has 0 amide bonds. The Kier molecular flexibility index (Phi) is 4.12. The zero-order chi connectivity index (χ0) is 17.3. The molecule has 0 aliphatic rings. The Morgan fingerprint density at radius 2 is 1.96 bits per heavy atom. The van der Waals surface area contributed by atoms with Crippen LogP contribution in [0.4, 0.5) is 0 Å². The van der Waals surface area contributed by atoms with Crippen molar-refractivity contribution in [2.45, 2.75) is 6.42 Å². The largest absolute Gasteiger partial charge is 0.497 e. The minimum atomic E-state index is -0.882. The predicted octanol–water partition coefficient (Wildman–Crippen LogP) is 2.88. The molecule has 24 heavy (non-hydrogen) atoms. The average molecular weight is 326 g/mol. The van der Waals surface area contributed by atoms with Gasteiger partial charge < -0.3 is 14.6 Å². The first-order valence-corrected chi connectivity index (χ1v) is 7.44. The monoisotopic (exact) mass is 326 g/mol. The van der Waals surface area contributed by atoms with E-state index in [1.54, 1.807) is 25.9 Å². The Balaban J connectivity index is 2.23.